The summed E-state index contributed by atoms with van der Waals surface area (Å²) in [7, 11) is 0. The fourth-order valence-corrected chi connectivity index (χ4v) is 2.24. The van der Waals surface area contributed by atoms with E-state index in [4.69, 9.17) is 5.73 Å². The number of aryl methyl sites for hydroxylation is 1. The summed E-state index contributed by atoms with van der Waals surface area (Å²) in [6.45, 7) is 2.19. The number of fused-ring (bicyclic) bond motifs is 1. The van der Waals surface area contributed by atoms with Gasteiger partial charge in [0.25, 0.3) is 0 Å². The number of rotatable bonds is 2. The van der Waals surface area contributed by atoms with Crippen LogP contribution >= 0.6 is 0 Å². The molecule has 0 radical (unpaired) electrons. The maximum Gasteiger partial charge on any atom is 0.201 e. The maximum absolute atomic E-state index is 13.7. The number of hydrogen-bond donors (Lipinski definition) is 1. The molecule has 0 aliphatic heterocycles. The molecule has 0 fully saturated rings. The minimum atomic E-state index is -0.592. The lowest BCUT2D eigenvalue weighted by Crippen LogP contribution is -2.06. The fourth-order valence-electron chi connectivity index (χ4n) is 2.24. The number of nitrogen functional groups attached to an aromatic ring is 1. The second-order valence-electron chi connectivity index (χ2n) is 4.78. The predicted molar refractivity (Wildman–Crippen MR) is 74.3 cm³/mol. The summed E-state index contributed by atoms with van der Waals surface area (Å²) < 4.78 is 28.4. The van der Waals surface area contributed by atoms with Crippen molar-refractivity contribution >= 4 is 17.0 Å². The number of aromatic nitrogens is 2. The quantitative estimate of drug-likeness (QED) is 0.779. The van der Waals surface area contributed by atoms with Crippen LogP contribution in [-0.4, -0.2) is 9.55 Å². The molecule has 0 atom stereocenters. The third-order valence-electron chi connectivity index (χ3n) is 3.28. The van der Waals surface area contributed by atoms with Crippen LogP contribution < -0.4 is 5.73 Å². The van der Waals surface area contributed by atoms with Crippen LogP contribution in [0.5, 0.6) is 0 Å². The molecule has 3 rings (SSSR count). The van der Waals surface area contributed by atoms with Crippen LogP contribution in [0.15, 0.2) is 36.4 Å². The minimum Gasteiger partial charge on any atom is -0.369 e. The fraction of sp³-hybridized carbons (Fsp3) is 0.133. The van der Waals surface area contributed by atoms with E-state index in [9.17, 15) is 8.78 Å². The second kappa shape index (κ2) is 4.59. The summed E-state index contributed by atoms with van der Waals surface area (Å²) in [5.74, 6) is -0.863. The Hall–Kier alpha value is -2.43. The average Bonchev–Trinajstić information content (AvgIpc) is 2.68. The monoisotopic (exact) mass is 273 g/mol. The Morgan fingerprint density at radius 2 is 1.95 bits per heavy atom. The van der Waals surface area contributed by atoms with Crippen molar-refractivity contribution in [3.63, 3.8) is 0 Å². The van der Waals surface area contributed by atoms with Crippen LogP contribution in [-0.2, 0) is 6.54 Å². The van der Waals surface area contributed by atoms with Crippen LogP contribution in [0.25, 0.3) is 11.0 Å². The summed E-state index contributed by atoms with van der Waals surface area (Å²) >= 11 is 0. The molecule has 102 valence electrons. The minimum absolute atomic E-state index is 0.220. The van der Waals surface area contributed by atoms with Gasteiger partial charge in [-0.05, 0) is 30.7 Å². The van der Waals surface area contributed by atoms with Crippen molar-refractivity contribution in [3.8, 4) is 0 Å². The van der Waals surface area contributed by atoms with Crippen molar-refractivity contribution in [2.45, 2.75) is 13.5 Å². The highest BCUT2D eigenvalue weighted by Gasteiger charge is 2.11. The SMILES string of the molecule is Cc1ccc2c(c1)nc(N)n2Cc1ccc(F)cc1F. The Kier molecular flexibility index (Phi) is 2.89. The summed E-state index contributed by atoms with van der Waals surface area (Å²) in [6.07, 6.45) is 0. The summed E-state index contributed by atoms with van der Waals surface area (Å²) in [4.78, 5) is 4.26. The van der Waals surface area contributed by atoms with Gasteiger partial charge in [0.05, 0.1) is 17.6 Å². The van der Waals surface area contributed by atoms with E-state index in [1.807, 2.05) is 25.1 Å². The molecule has 0 saturated heterocycles. The molecule has 5 heteroatoms. The molecule has 20 heavy (non-hydrogen) atoms. The van der Waals surface area contributed by atoms with Crippen molar-refractivity contribution in [1.82, 2.24) is 9.55 Å². The third kappa shape index (κ3) is 2.11. The van der Waals surface area contributed by atoms with E-state index in [1.165, 1.54) is 12.1 Å². The smallest absolute Gasteiger partial charge is 0.201 e. The number of anilines is 1. The molecule has 0 aliphatic rings. The van der Waals surface area contributed by atoms with Crippen LogP contribution in [0.4, 0.5) is 14.7 Å². The van der Waals surface area contributed by atoms with E-state index in [-0.39, 0.29) is 6.54 Å². The lowest BCUT2D eigenvalue weighted by Gasteiger charge is -2.08. The van der Waals surface area contributed by atoms with Gasteiger partial charge in [-0.25, -0.2) is 13.8 Å². The first kappa shape index (κ1) is 12.6. The van der Waals surface area contributed by atoms with Crippen molar-refractivity contribution < 1.29 is 8.78 Å². The maximum atomic E-state index is 13.7. The van der Waals surface area contributed by atoms with E-state index in [0.29, 0.717) is 11.5 Å². The van der Waals surface area contributed by atoms with Gasteiger partial charge in [0, 0.05) is 11.6 Å². The molecular formula is C15H13F2N3. The van der Waals surface area contributed by atoms with Gasteiger partial charge in [0.15, 0.2) is 0 Å². The Labute approximate surface area is 114 Å². The van der Waals surface area contributed by atoms with Gasteiger partial charge in [-0.15, -0.1) is 0 Å². The van der Waals surface area contributed by atoms with Gasteiger partial charge < -0.3 is 10.3 Å². The predicted octanol–water partition coefficient (Wildman–Crippen LogP) is 3.25. The topological polar surface area (TPSA) is 43.8 Å². The van der Waals surface area contributed by atoms with Crippen LogP contribution in [0.2, 0.25) is 0 Å². The summed E-state index contributed by atoms with van der Waals surface area (Å²) in [5.41, 5.74) is 8.94. The standard InChI is InChI=1S/C15H13F2N3/c1-9-2-5-14-13(6-9)19-15(18)20(14)8-10-3-4-11(16)7-12(10)17/h2-7H,8H2,1H3,(H2,18,19). The highest BCUT2D eigenvalue weighted by molar-refractivity contribution is 5.79. The van der Waals surface area contributed by atoms with Gasteiger partial charge in [-0.2, -0.15) is 0 Å². The Bertz CT molecular complexity index is 793. The molecule has 0 saturated carbocycles. The van der Waals surface area contributed by atoms with E-state index < -0.39 is 11.6 Å². The molecule has 1 aromatic heterocycles. The summed E-state index contributed by atoms with van der Waals surface area (Å²) in [6, 6.07) is 9.29. The van der Waals surface area contributed by atoms with Crippen molar-refractivity contribution in [3.05, 3.63) is 59.2 Å². The van der Waals surface area contributed by atoms with Gasteiger partial charge in [-0.1, -0.05) is 12.1 Å². The van der Waals surface area contributed by atoms with Crippen molar-refractivity contribution in [1.29, 1.82) is 0 Å². The molecule has 3 nitrogen and oxygen atoms in total. The number of imidazole rings is 1. The number of benzene rings is 2. The average molecular weight is 273 g/mol. The molecule has 2 aromatic carbocycles. The molecule has 0 aliphatic carbocycles. The van der Waals surface area contributed by atoms with Crippen molar-refractivity contribution in [2.75, 3.05) is 5.73 Å². The number of nitrogens with two attached hydrogens (primary N) is 1. The number of halogens is 2. The zero-order chi connectivity index (χ0) is 14.3. The van der Waals surface area contributed by atoms with Crippen LogP contribution in [0, 0.1) is 18.6 Å². The number of nitrogens with zero attached hydrogens (tertiary/aromatic N) is 2. The van der Waals surface area contributed by atoms with E-state index in [2.05, 4.69) is 4.98 Å². The molecular weight excluding hydrogens is 260 g/mol. The van der Waals surface area contributed by atoms with Gasteiger partial charge in [-0.3, -0.25) is 0 Å². The van der Waals surface area contributed by atoms with E-state index >= 15 is 0 Å². The Balaban J connectivity index is 2.08. The normalized spacial score (nSPS) is 11.2. The van der Waals surface area contributed by atoms with Crippen LogP contribution in [0.3, 0.4) is 0 Å². The van der Waals surface area contributed by atoms with Gasteiger partial charge >= 0.3 is 0 Å². The first-order valence-corrected chi connectivity index (χ1v) is 6.21. The van der Waals surface area contributed by atoms with Gasteiger partial charge in [0.1, 0.15) is 11.6 Å². The van der Waals surface area contributed by atoms with Crippen molar-refractivity contribution in [2.24, 2.45) is 0 Å². The molecule has 0 spiro atoms. The van der Waals surface area contributed by atoms with E-state index in [0.717, 1.165) is 22.7 Å². The molecule has 1 heterocycles. The highest BCUT2D eigenvalue weighted by atomic mass is 19.1. The lowest BCUT2D eigenvalue weighted by atomic mass is 10.2. The number of hydrogen-bond acceptors (Lipinski definition) is 2. The Morgan fingerprint density at radius 3 is 2.70 bits per heavy atom. The molecule has 0 amide bonds. The first-order valence-electron chi connectivity index (χ1n) is 6.21. The lowest BCUT2D eigenvalue weighted by molar-refractivity contribution is 0.568. The van der Waals surface area contributed by atoms with Crippen LogP contribution in [0.1, 0.15) is 11.1 Å². The first-order chi connectivity index (χ1) is 9.54. The molecule has 0 bridgehead atoms. The largest absolute Gasteiger partial charge is 0.369 e. The second-order valence-corrected chi connectivity index (χ2v) is 4.78. The van der Waals surface area contributed by atoms with E-state index in [1.54, 1.807) is 4.57 Å². The summed E-state index contributed by atoms with van der Waals surface area (Å²) in [5, 5.41) is 0. The molecule has 2 N–H and O–H groups in total. The molecule has 3 aromatic rings. The molecule has 0 unspecified atom stereocenters. The zero-order valence-electron chi connectivity index (χ0n) is 10.9. The third-order valence-corrected chi connectivity index (χ3v) is 3.28. The zero-order valence-corrected chi connectivity index (χ0v) is 10.9. The van der Waals surface area contributed by atoms with Gasteiger partial charge in [0.2, 0.25) is 5.95 Å². The highest BCUT2D eigenvalue weighted by Crippen LogP contribution is 2.21. The Morgan fingerprint density at radius 1 is 1.15 bits per heavy atom.